The van der Waals surface area contributed by atoms with Crippen LogP contribution in [-0.4, -0.2) is 68.1 Å². The highest BCUT2D eigenvalue weighted by Gasteiger charge is 2.26. The van der Waals surface area contributed by atoms with Crippen LogP contribution in [0.2, 0.25) is 0 Å². The number of aliphatic hydroxyl groups is 1. The molecule has 38 heavy (non-hydrogen) atoms. The highest BCUT2D eigenvalue weighted by atomic mass is 32.2. The predicted molar refractivity (Wildman–Crippen MR) is 141 cm³/mol. The Balaban J connectivity index is 1.45. The van der Waals surface area contributed by atoms with Crippen molar-refractivity contribution in [3.8, 4) is 11.8 Å². The van der Waals surface area contributed by atoms with Gasteiger partial charge in [0.05, 0.1) is 27.7 Å². The van der Waals surface area contributed by atoms with Crippen molar-refractivity contribution in [2.45, 2.75) is 19.4 Å². The SMILES string of the molecule is Cc1ccoc1C(=O)Nc1cccc(C#Cc2cncc(C(=O)N=[S@](C)(=O)CC(=O)N3CCC(O)C3)c2)c1. The Morgan fingerprint density at radius 2 is 2.00 bits per heavy atom. The van der Waals surface area contributed by atoms with Crippen LogP contribution in [-0.2, 0) is 14.5 Å². The van der Waals surface area contributed by atoms with Crippen molar-refractivity contribution < 1.29 is 28.1 Å². The van der Waals surface area contributed by atoms with Gasteiger partial charge < -0.3 is 19.7 Å². The smallest absolute Gasteiger partial charge is 0.291 e. The van der Waals surface area contributed by atoms with Gasteiger partial charge in [-0.25, -0.2) is 4.21 Å². The quantitative estimate of drug-likeness (QED) is 0.479. The molecule has 1 aliphatic rings. The summed E-state index contributed by atoms with van der Waals surface area (Å²) in [5.41, 5.74) is 2.39. The van der Waals surface area contributed by atoms with Crippen LogP contribution in [0.5, 0.6) is 0 Å². The zero-order valence-electron chi connectivity index (χ0n) is 20.8. The van der Waals surface area contributed by atoms with Gasteiger partial charge in [-0.3, -0.25) is 19.4 Å². The van der Waals surface area contributed by atoms with Crippen LogP contribution in [0.4, 0.5) is 5.69 Å². The molecule has 1 saturated heterocycles. The first-order valence-electron chi connectivity index (χ1n) is 11.7. The van der Waals surface area contributed by atoms with E-state index < -0.39 is 33.4 Å². The number of hydrogen-bond donors (Lipinski definition) is 2. The number of amides is 3. The van der Waals surface area contributed by atoms with E-state index in [1.807, 2.05) is 0 Å². The molecule has 3 amide bonds. The summed E-state index contributed by atoms with van der Waals surface area (Å²) in [6.07, 6.45) is 5.35. The number of furan rings is 1. The van der Waals surface area contributed by atoms with Gasteiger partial charge in [0.1, 0.15) is 5.75 Å². The first-order valence-corrected chi connectivity index (χ1v) is 13.8. The monoisotopic (exact) mass is 534 g/mol. The zero-order chi connectivity index (χ0) is 27.3. The minimum absolute atomic E-state index is 0.0882. The molecule has 1 fully saturated rings. The lowest BCUT2D eigenvalue weighted by Crippen LogP contribution is -2.34. The van der Waals surface area contributed by atoms with Gasteiger partial charge in [0.15, 0.2) is 5.76 Å². The minimum Gasteiger partial charge on any atom is -0.459 e. The number of nitrogens with one attached hydrogen (secondary N) is 1. The van der Waals surface area contributed by atoms with Crippen LogP contribution >= 0.6 is 0 Å². The van der Waals surface area contributed by atoms with E-state index in [1.165, 1.54) is 35.9 Å². The third kappa shape index (κ3) is 6.94. The zero-order valence-corrected chi connectivity index (χ0v) is 21.7. The lowest BCUT2D eigenvalue weighted by molar-refractivity contribution is -0.127. The Morgan fingerprint density at radius 1 is 1.21 bits per heavy atom. The van der Waals surface area contributed by atoms with Crippen molar-refractivity contribution in [1.29, 1.82) is 0 Å². The molecule has 0 aliphatic carbocycles. The van der Waals surface area contributed by atoms with Gasteiger partial charge in [0.2, 0.25) is 5.91 Å². The molecule has 2 atom stereocenters. The van der Waals surface area contributed by atoms with E-state index in [-0.39, 0.29) is 23.8 Å². The van der Waals surface area contributed by atoms with Crippen LogP contribution in [0, 0.1) is 18.8 Å². The molecule has 3 aromatic rings. The Kier molecular flexibility index (Phi) is 8.05. The first kappa shape index (κ1) is 26.8. The summed E-state index contributed by atoms with van der Waals surface area (Å²) >= 11 is 0. The largest absolute Gasteiger partial charge is 0.459 e. The molecule has 0 bridgehead atoms. The fourth-order valence-corrected chi connectivity index (χ4v) is 4.95. The van der Waals surface area contributed by atoms with E-state index in [1.54, 1.807) is 37.3 Å². The number of benzene rings is 1. The number of nitrogens with zero attached hydrogens (tertiary/aromatic N) is 3. The minimum atomic E-state index is -3.14. The molecule has 0 spiro atoms. The number of hydrogen-bond acceptors (Lipinski definition) is 7. The summed E-state index contributed by atoms with van der Waals surface area (Å²) in [6, 6.07) is 10.1. The lowest BCUT2D eigenvalue weighted by atomic mass is 10.1. The van der Waals surface area contributed by atoms with Gasteiger partial charge in [-0.05, 0) is 43.7 Å². The summed E-state index contributed by atoms with van der Waals surface area (Å²) in [5, 5.41) is 12.4. The van der Waals surface area contributed by atoms with Crippen LogP contribution in [0.3, 0.4) is 0 Å². The number of pyridine rings is 1. The summed E-state index contributed by atoms with van der Waals surface area (Å²) in [7, 11) is -3.14. The number of carbonyl (C=O) groups is 3. The number of anilines is 1. The van der Waals surface area contributed by atoms with E-state index >= 15 is 0 Å². The summed E-state index contributed by atoms with van der Waals surface area (Å²) in [6.45, 7) is 2.35. The molecule has 1 unspecified atom stereocenters. The van der Waals surface area contributed by atoms with Crippen LogP contribution in [0.15, 0.2) is 63.8 Å². The van der Waals surface area contributed by atoms with E-state index in [2.05, 4.69) is 26.5 Å². The first-order chi connectivity index (χ1) is 18.1. The van der Waals surface area contributed by atoms with Gasteiger partial charge in [-0.2, -0.15) is 4.36 Å². The van der Waals surface area contributed by atoms with Crippen molar-refractivity contribution in [2.75, 3.05) is 30.4 Å². The summed E-state index contributed by atoms with van der Waals surface area (Å²) < 4.78 is 21.8. The highest BCUT2D eigenvalue weighted by molar-refractivity contribution is 7.93. The van der Waals surface area contributed by atoms with Gasteiger partial charge in [-0.15, -0.1) is 0 Å². The molecule has 3 heterocycles. The molecule has 10 nitrogen and oxygen atoms in total. The standard InChI is InChI=1S/C27H26N4O6S/c1-18-9-11-37-25(18)27(35)29-22-5-3-4-19(13-22)6-7-20-12-21(15-28-14-20)26(34)30-38(2,36)17-24(33)31-10-8-23(32)16-31/h3-5,9,11-15,23,32H,8,10,16-17H2,1-2H3,(H,29,35)/t23?,38-/m1/s1. The number of aryl methyl sites for hydroxylation is 1. The Hall–Kier alpha value is -4.27. The second-order valence-electron chi connectivity index (χ2n) is 8.96. The lowest BCUT2D eigenvalue weighted by Gasteiger charge is -2.15. The Morgan fingerprint density at radius 3 is 2.71 bits per heavy atom. The summed E-state index contributed by atoms with van der Waals surface area (Å²) in [4.78, 5) is 42.9. The second kappa shape index (κ2) is 11.4. The Bertz CT molecular complexity index is 1580. The van der Waals surface area contributed by atoms with Crippen molar-refractivity contribution >= 4 is 33.1 Å². The molecular formula is C27H26N4O6S. The van der Waals surface area contributed by atoms with E-state index in [4.69, 9.17) is 4.42 Å². The maximum absolute atomic E-state index is 12.8. The van der Waals surface area contributed by atoms with Crippen LogP contribution in [0.25, 0.3) is 0 Å². The van der Waals surface area contributed by atoms with Crippen LogP contribution in [0.1, 0.15) is 44.0 Å². The van der Waals surface area contributed by atoms with E-state index in [9.17, 15) is 23.7 Å². The average molecular weight is 535 g/mol. The third-order valence-corrected chi connectivity index (χ3v) is 7.04. The van der Waals surface area contributed by atoms with Crippen LogP contribution < -0.4 is 5.32 Å². The fraction of sp³-hybridized carbons (Fsp3) is 0.259. The molecule has 2 N–H and O–H groups in total. The number of aliphatic hydroxyl groups excluding tert-OH is 1. The molecule has 11 heteroatoms. The maximum atomic E-state index is 12.8. The number of β-amino-alcohol motifs (C(OH)–C–C–N with tert-alkyl or cyclic N) is 1. The topological polar surface area (TPSA) is 142 Å². The number of aromatic nitrogens is 1. The second-order valence-corrected chi connectivity index (χ2v) is 11.4. The maximum Gasteiger partial charge on any atom is 0.291 e. The molecule has 1 aliphatic heterocycles. The molecule has 0 radical (unpaired) electrons. The number of carbonyl (C=O) groups excluding carboxylic acids is 3. The molecule has 2 aromatic heterocycles. The van der Waals surface area contributed by atoms with E-state index in [0.29, 0.717) is 29.8 Å². The van der Waals surface area contributed by atoms with Gasteiger partial charge in [0.25, 0.3) is 11.8 Å². The molecule has 196 valence electrons. The van der Waals surface area contributed by atoms with Crippen molar-refractivity contribution in [3.05, 3.63) is 83.1 Å². The van der Waals surface area contributed by atoms with E-state index in [0.717, 1.165) is 5.56 Å². The van der Waals surface area contributed by atoms with Crippen molar-refractivity contribution in [1.82, 2.24) is 9.88 Å². The van der Waals surface area contributed by atoms with Gasteiger partial charge >= 0.3 is 0 Å². The van der Waals surface area contributed by atoms with Crippen molar-refractivity contribution in [3.63, 3.8) is 0 Å². The average Bonchev–Trinajstić information content (AvgIpc) is 3.50. The molecule has 1 aromatic carbocycles. The predicted octanol–water partition coefficient (Wildman–Crippen LogP) is 2.47. The summed E-state index contributed by atoms with van der Waals surface area (Å²) in [5.74, 6) is 4.15. The Labute approximate surface area is 220 Å². The normalized spacial score (nSPS) is 16.2. The molecule has 0 saturated carbocycles. The van der Waals surface area contributed by atoms with Gasteiger partial charge in [-0.1, -0.05) is 17.9 Å². The number of rotatable bonds is 5. The molecule has 4 rings (SSSR count). The highest BCUT2D eigenvalue weighted by Crippen LogP contribution is 2.15. The van der Waals surface area contributed by atoms with Gasteiger partial charge in [0, 0.05) is 54.1 Å². The number of likely N-dealkylation sites (tertiary alicyclic amines) is 1. The molecular weight excluding hydrogens is 508 g/mol. The fourth-order valence-electron chi connectivity index (χ4n) is 3.79. The third-order valence-electron chi connectivity index (χ3n) is 5.71. The van der Waals surface area contributed by atoms with Crippen molar-refractivity contribution in [2.24, 2.45) is 4.36 Å².